The highest BCUT2D eigenvalue weighted by Crippen LogP contribution is 2.42. The molecule has 4 aromatic rings. The first-order valence-electron chi connectivity index (χ1n) is 11.1. The van der Waals surface area contributed by atoms with Crippen LogP contribution in [0.4, 0.5) is 13.2 Å². The number of oxazole rings is 1. The number of aliphatic hydroxyl groups is 2. The summed E-state index contributed by atoms with van der Waals surface area (Å²) in [7, 11) is 1.40. The van der Waals surface area contributed by atoms with Crippen LogP contribution < -0.4 is 0 Å². The molecule has 1 aliphatic heterocycles. The highest BCUT2D eigenvalue weighted by atomic mass is 35.5. The molecule has 38 heavy (non-hydrogen) atoms. The summed E-state index contributed by atoms with van der Waals surface area (Å²) in [6.07, 6.45) is 2.35. The Labute approximate surface area is 222 Å². The number of halogens is 4. The van der Waals surface area contributed by atoms with Crippen molar-refractivity contribution in [3.8, 4) is 22.8 Å². The van der Waals surface area contributed by atoms with Crippen LogP contribution in [0.1, 0.15) is 6.04 Å². The molecule has 0 radical (unpaired) electrons. The van der Waals surface area contributed by atoms with E-state index in [-0.39, 0.29) is 17.1 Å². The zero-order valence-electron chi connectivity index (χ0n) is 19.4. The number of hydrogen-bond acceptors (Lipinski definition) is 10. The lowest BCUT2D eigenvalue weighted by atomic mass is 9.97. The van der Waals surface area contributed by atoms with Crippen LogP contribution in [0.5, 0.6) is 0 Å². The van der Waals surface area contributed by atoms with Crippen molar-refractivity contribution in [1.82, 2.24) is 25.0 Å². The van der Waals surface area contributed by atoms with Crippen LogP contribution >= 0.6 is 23.4 Å². The molecule has 0 amide bonds. The Balaban J connectivity index is 1.50. The number of hydrogen-bond donors (Lipinski definition) is 2. The van der Waals surface area contributed by atoms with Crippen LogP contribution in [0.3, 0.4) is 0 Å². The van der Waals surface area contributed by atoms with Gasteiger partial charge >= 0.3 is 0 Å². The summed E-state index contributed by atoms with van der Waals surface area (Å²) in [6, 6.07) is 2.24. The smallest absolute Gasteiger partial charge is 0.246 e. The van der Waals surface area contributed by atoms with Gasteiger partial charge in [0, 0.05) is 23.8 Å². The van der Waals surface area contributed by atoms with Gasteiger partial charge in [-0.25, -0.2) is 27.8 Å². The maximum absolute atomic E-state index is 13.8. The molecule has 0 bridgehead atoms. The zero-order chi connectivity index (χ0) is 27.0. The molecular formula is C23H19ClF3N5O5S. The SMILES string of the molecule is COC1C(n2cc(-c3cc(F)c(F)c(F)c3)nn2)[C@@H](O)C(CO)O[C@@H]1Sc1cc(Cl)cnc1-c1ncco1. The Morgan fingerprint density at radius 1 is 1.18 bits per heavy atom. The predicted octanol–water partition coefficient (Wildman–Crippen LogP) is 3.49. The van der Waals surface area contributed by atoms with Crippen molar-refractivity contribution >= 4 is 23.4 Å². The molecule has 3 unspecified atom stereocenters. The van der Waals surface area contributed by atoms with E-state index in [4.69, 9.17) is 25.5 Å². The van der Waals surface area contributed by atoms with Crippen LogP contribution in [0, 0.1) is 17.5 Å². The predicted molar refractivity (Wildman–Crippen MR) is 128 cm³/mol. The number of thioether (sulfide) groups is 1. The van der Waals surface area contributed by atoms with Gasteiger partial charge in [0.25, 0.3) is 0 Å². The summed E-state index contributed by atoms with van der Waals surface area (Å²) in [5.74, 6) is -4.14. The van der Waals surface area contributed by atoms with Gasteiger partial charge in [-0.1, -0.05) is 28.6 Å². The largest absolute Gasteiger partial charge is 0.443 e. The minimum absolute atomic E-state index is 0.0197. The number of ether oxygens (including phenoxy) is 2. The fourth-order valence-electron chi connectivity index (χ4n) is 4.10. The molecule has 1 aliphatic rings. The Morgan fingerprint density at radius 3 is 2.61 bits per heavy atom. The van der Waals surface area contributed by atoms with Gasteiger partial charge < -0.3 is 24.1 Å². The van der Waals surface area contributed by atoms with Crippen LogP contribution in [0.25, 0.3) is 22.8 Å². The molecule has 5 atom stereocenters. The number of benzene rings is 1. The van der Waals surface area contributed by atoms with Gasteiger partial charge in [-0.3, -0.25) is 0 Å². The van der Waals surface area contributed by atoms with Crippen molar-refractivity contribution in [2.45, 2.75) is 34.7 Å². The number of aromatic nitrogens is 5. The van der Waals surface area contributed by atoms with Gasteiger partial charge in [0.2, 0.25) is 5.89 Å². The summed E-state index contributed by atoms with van der Waals surface area (Å²) in [5.41, 5.74) is -0.498. The molecule has 0 saturated carbocycles. The van der Waals surface area contributed by atoms with Gasteiger partial charge in [-0.05, 0) is 18.2 Å². The zero-order valence-corrected chi connectivity index (χ0v) is 21.0. The van der Waals surface area contributed by atoms with Gasteiger partial charge in [0.05, 0.1) is 24.0 Å². The Hall–Kier alpha value is -3.01. The topological polar surface area (TPSA) is 129 Å². The third kappa shape index (κ3) is 5.02. The fourth-order valence-corrected chi connectivity index (χ4v) is 5.63. The summed E-state index contributed by atoms with van der Waals surface area (Å²) in [4.78, 5) is 8.96. The molecule has 0 aliphatic carbocycles. The van der Waals surface area contributed by atoms with Crippen molar-refractivity contribution in [2.75, 3.05) is 13.7 Å². The Morgan fingerprint density at radius 2 is 1.95 bits per heavy atom. The van der Waals surface area contributed by atoms with Gasteiger partial charge in [0.15, 0.2) is 17.5 Å². The Kier molecular flexibility index (Phi) is 7.70. The summed E-state index contributed by atoms with van der Waals surface area (Å²) < 4.78 is 59.3. The van der Waals surface area contributed by atoms with Crippen molar-refractivity contribution in [1.29, 1.82) is 0 Å². The summed E-state index contributed by atoms with van der Waals surface area (Å²) in [6.45, 7) is -0.540. The standard InChI is InChI=1S/C23H19ClF3N5O5S/c1-35-21-19(32-8-14(30-31-32)10-4-12(25)17(27)13(26)5-10)20(34)15(9-33)37-23(21)38-16-6-11(24)7-29-18(16)22-28-2-3-36-22/h2-8,15,19-21,23,33-34H,9H2,1H3/t15?,19?,20-,21?,23+/m0/s1. The lowest BCUT2D eigenvalue weighted by molar-refractivity contribution is -0.186. The van der Waals surface area contributed by atoms with Crippen LogP contribution in [-0.4, -0.2) is 72.6 Å². The third-order valence-electron chi connectivity index (χ3n) is 5.89. The number of rotatable bonds is 7. The van der Waals surface area contributed by atoms with Gasteiger partial charge in [0.1, 0.15) is 47.4 Å². The molecule has 2 N–H and O–H groups in total. The van der Waals surface area contributed by atoms with E-state index in [0.717, 1.165) is 23.9 Å². The maximum Gasteiger partial charge on any atom is 0.246 e. The van der Waals surface area contributed by atoms with Crippen molar-refractivity contribution in [2.24, 2.45) is 0 Å². The molecule has 4 heterocycles. The minimum atomic E-state index is -1.61. The van der Waals surface area contributed by atoms with E-state index in [1.807, 2.05) is 0 Å². The van der Waals surface area contributed by atoms with Crippen LogP contribution in [0.2, 0.25) is 5.02 Å². The van der Waals surface area contributed by atoms with Gasteiger partial charge in [-0.15, -0.1) is 5.10 Å². The summed E-state index contributed by atoms with van der Waals surface area (Å²) >= 11 is 7.33. The van der Waals surface area contributed by atoms with Crippen molar-refractivity contribution in [3.05, 3.63) is 65.5 Å². The Bertz CT molecular complexity index is 1410. The molecular weight excluding hydrogens is 551 g/mol. The quantitative estimate of drug-likeness (QED) is 0.319. The van der Waals surface area contributed by atoms with E-state index < -0.39 is 53.8 Å². The first-order chi connectivity index (χ1) is 18.3. The second kappa shape index (κ2) is 11.0. The monoisotopic (exact) mass is 569 g/mol. The van der Waals surface area contributed by atoms with Crippen molar-refractivity contribution in [3.63, 3.8) is 0 Å². The highest BCUT2D eigenvalue weighted by molar-refractivity contribution is 8.00. The molecule has 5 rings (SSSR count). The average Bonchev–Trinajstić information content (AvgIpc) is 3.60. The molecule has 1 aromatic carbocycles. The molecule has 1 fully saturated rings. The van der Waals surface area contributed by atoms with Crippen LogP contribution in [0.15, 0.2) is 52.4 Å². The molecule has 15 heteroatoms. The molecule has 10 nitrogen and oxygen atoms in total. The molecule has 0 spiro atoms. The van der Waals surface area contributed by atoms with E-state index in [2.05, 4.69) is 20.3 Å². The summed E-state index contributed by atoms with van der Waals surface area (Å²) in [5, 5.41) is 29.2. The molecule has 3 aromatic heterocycles. The van der Waals surface area contributed by atoms with Crippen LogP contribution in [-0.2, 0) is 9.47 Å². The lowest BCUT2D eigenvalue weighted by Gasteiger charge is -2.43. The number of aliphatic hydroxyl groups excluding tert-OH is 2. The first kappa shape index (κ1) is 26.6. The molecule has 1 saturated heterocycles. The van der Waals surface area contributed by atoms with E-state index >= 15 is 0 Å². The van der Waals surface area contributed by atoms with E-state index in [1.54, 1.807) is 6.07 Å². The van der Waals surface area contributed by atoms with Gasteiger partial charge in [-0.2, -0.15) is 0 Å². The second-order valence-electron chi connectivity index (χ2n) is 8.20. The van der Waals surface area contributed by atoms with Crippen molar-refractivity contribution < 1.29 is 37.3 Å². The first-order valence-corrected chi connectivity index (χ1v) is 12.3. The maximum atomic E-state index is 13.8. The minimum Gasteiger partial charge on any atom is -0.443 e. The average molecular weight is 570 g/mol. The number of pyridine rings is 1. The number of methoxy groups -OCH3 is 1. The molecule has 200 valence electrons. The number of nitrogens with zero attached hydrogens (tertiary/aromatic N) is 5. The third-order valence-corrected chi connectivity index (χ3v) is 7.27. The highest BCUT2D eigenvalue weighted by Gasteiger charge is 2.47. The normalized spacial score (nSPS) is 23.6. The van der Waals surface area contributed by atoms with E-state index in [1.165, 1.54) is 36.6 Å². The van der Waals surface area contributed by atoms with E-state index in [9.17, 15) is 23.4 Å². The van der Waals surface area contributed by atoms with E-state index in [0.29, 0.717) is 15.6 Å². The fraction of sp³-hybridized carbons (Fsp3) is 0.304. The lowest BCUT2D eigenvalue weighted by Crippen LogP contribution is -2.55. The second-order valence-corrected chi connectivity index (χ2v) is 9.78.